The van der Waals surface area contributed by atoms with Crippen molar-refractivity contribution in [1.82, 2.24) is 15.3 Å². The third-order valence-electron chi connectivity index (χ3n) is 3.40. The van der Waals surface area contributed by atoms with Crippen molar-refractivity contribution in [2.45, 2.75) is 13.0 Å². The van der Waals surface area contributed by atoms with Crippen LogP contribution in [0.15, 0.2) is 54.9 Å². The zero-order chi connectivity index (χ0) is 14.5. The van der Waals surface area contributed by atoms with Crippen molar-refractivity contribution in [3.63, 3.8) is 0 Å². The third kappa shape index (κ3) is 3.38. The van der Waals surface area contributed by atoms with Crippen LogP contribution in [-0.4, -0.2) is 16.5 Å². The minimum absolute atomic E-state index is 0.746. The van der Waals surface area contributed by atoms with Gasteiger partial charge < -0.3 is 5.32 Å². The van der Waals surface area contributed by atoms with Crippen molar-refractivity contribution in [2.75, 3.05) is 6.54 Å². The van der Waals surface area contributed by atoms with Crippen molar-refractivity contribution in [2.24, 2.45) is 0 Å². The first kappa shape index (κ1) is 14.0. The largest absolute Gasteiger partial charge is 0.312 e. The number of benzene rings is 1. The molecule has 0 bridgehead atoms. The fraction of sp³-hybridized carbons (Fsp3) is 0.176. The van der Waals surface area contributed by atoms with Crippen molar-refractivity contribution >= 4 is 22.5 Å². The molecule has 1 N–H and O–H groups in total. The number of nitrogens with zero attached hydrogens (tertiary/aromatic N) is 2. The number of aromatic nitrogens is 2. The van der Waals surface area contributed by atoms with Gasteiger partial charge in [-0.2, -0.15) is 0 Å². The first-order valence-electron chi connectivity index (χ1n) is 6.97. The van der Waals surface area contributed by atoms with Gasteiger partial charge in [-0.25, -0.2) is 0 Å². The Bertz CT molecular complexity index is 728. The molecule has 0 saturated carbocycles. The monoisotopic (exact) mass is 297 g/mol. The number of rotatable bonds is 5. The average Bonchev–Trinajstić information content (AvgIpc) is 2.55. The van der Waals surface area contributed by atoms with Crippen molar-refractivity contribution in [1.29, 1.82) is 0 Å². The number of fused-ring (bicyclic) bond motifs is 1. The fourth-order valence-corrected chi connectivity index (χ4v) is 2.54. The third-order valence-corrected chi connectivity index (χ3v) is 3.73. The van der Waals surface area contributed by atoms with Crippen molar-refractivity contribution < 1.29 is 0 Å². The van der Waals surface area contributed by atoms with Gasteiger partial charge >= 0.3 is 0 Å². The van der Waals surface area contributed by atoms with Gasteiger partial charge in [0.15, 0.2) is 0 Å². The SMILES string of the molecule is Clc1ccc(CNCCc2ccccn2)c2ncccc12. The predicted octanol–water partition coefficient (Wildman–Crippen LogP) is 3.62. The lowest BCUT2D eigenvalue weighted by atomic mass is 10.1. The van der Waals surface area contributed by atoms with Gasteiger partial charge in [-0.05, 0) is 35.9 Å². The van der Waals surface area contributed by atoms with Gasteiger partial charge in [-0.15, -0.1) is 0 Å². The quantitative estimate of drug-likeness (QED) is 0.731. The summed E-state index contributed by atoms with van der Waals surface area (Å²) in [7, 11) is 0. The maximum absolute atomic E-state index is 6.20. The van der Waals surface area contributed by atoms with Crippen molar-refractivity contribution in [3.05, 3.63) is 71.1 Å². The summed E-state index contributed by atoms with van der Waals surface area (Å²) >= 11 is 6.20. The van der Waals surface area contributed by atoms with Gasteiger partial charge in [0, 0.05) is 48.0 Å². The molecular weight excluding hydrogens is 282 g/mol. The van der Waals surface area contributed by atoms with E-state index < -0.39 is 0 Å². The smallest absolute Gasteiger partial charge is 0.0761 e. The summed E-state index contributed by atoms with van der Waals surface area (Å²) in [6.07, 6.45) is 4.54. The van der Waals surface area contributed by atoms with Gasteiger partial charge in [0.25, 0.3) is 0 Å². The first-order chi connectivity index (χ1) is 10.3. The Morgan fingerprint density at radius 3 is 2.71 bits per heavy atom. The Kier molecular flexibility index (Phi) is 4.43. The summed E-state index contributed by atoms with van der Waals surface area (Å²) in [5.74, 6) is 0. The molecule has 21 heavy (non-hydrogen) atoms. The highest BCUT2D eigenvalue weighted by molar-refractivity contribution is 6.35. The van der Waals surface area contributed by atoms with Crippen LogP contribution in [0.4, 0.5) is 0 Å². The lowest BCUT2D eigenvalue weighted by Crippen LogP contribution is -2.17. The van der Waals surface area contributed by atoms with E-state index in [1.807, 2.05) is 48.7 Å². The van der Waals surface area contributed by atoms with Crippen LogP contribution in [0.1, 0.15) is 11.3 Å². The molecule has 0 radical (unpaired) electrons. The number of pyridine rings is 2. The normalized spacial score (nSPS) is 10.9. The van der Waals surface area contributed by atoms with E-state index in [2.05, 4.69) is 15.3 Å². The minimum atomic E-state index is 0.746. The van der Waals surface area contributed by atoms with E-state index in [1.54, 1.807) is 6.20 Å². The highest BCUT2D eigenvalue weighted by Gasteiger charge is 2.05. The molecule has 0 amide bonds. The predicted molar refractivity (Wildman–Crippen MR) is 86.4 cm³/mol. The summed E-state index contributed by atoms with van der Waals surface area (Å²) in [5, 5.41) is 5.19. The van der Waals surface area contributed by atoms with Crippen LogP contribution in [0.5, 0.6) is 0 Å². The molecule has 4 heteroatoms. The van der Waals surface area contributed by atoms with Crippen LogP contribution in [0.2, 0.25) is 5.02 Å². The Morgan fingerprint density at radius 1 is 0.952 bits per heavy atom. The fourth-order valence-electron chi connectivity index (χ4n) is 2.32. The van der Waals surface area contributed by atoms with Gasteiger partial charge in [-0.3, -0.25) is 9.97 Å². The summed E-state index contributed by atoms with van der Waals surface area (Å²) in [4.78, 5) is 8.76. The zero-order valence-electron chi connectivity index (χ0n) is 11.6. The highest BCUT2D eigenvalue weighted by Crippen LogP contribution is 2.24. The molecule has 3 aromatic rings. The Balaban J connectivity index is 1.65. The summed E-state index contributed by atoms with van der Waals surface area (Å²) in [6.45, 7) is 1.66. The first-order valence-corrected chi connectivity index (χ1v) is 7.35. The van der Waals surface area contributed by atoms with Gasteiger partial charge in [0.1, 0.15) is 0 Å². The maximum Gasteiger partial charge on any atom is 0.0761 e. The summed E-state index contributed by atoms with van der Waals surface area (Å²) < 4.78 is 0. The van der Waals surface area contributed by atoms with E-state index in [1.165, 1.54) is 0 Å². The molecule has 0 atom stereocenters. The molecule has 2 aromatic heterocycles. The van der Waals surface area contributed by atoms with Gasteiger partial charge in [-0.1, -0.05) is 23.7 Å². The topological polar surface area (TPSA) is 37.8 Å². The van der Waals surface area contributed by atoms with E-state index in [9.17, 15) is 0 Å². The van der Waals surface area contributed by atoms with Crippen LogP contribution in [0, 0.1) is 0 Å². The van der Waals surface area contributed by atoms with Crippen LogP contribution in [0.25, 0.3) is 10.9 Å². The number of nitrogens with one attached hydrogen (secondary N) is 1. The molecule has 0 spiro atoms. The average molecular weight is 298 g/mol. The van der Waals surface area contributed by atoms with Crippen LogP contribution in [0.3, 0.4) is 0 Å². The molecule has 0 aliphatic rings. The summed E-state index contributed by atoms with van der Waals surface area (Å²) in [6, 6.07) is 13.9. The molecule has 3 rings (SSSR count). The Morgan fingerprint density at radius 2 is 1.86 bits per heavy atom. The zero-order valence-corrected chi connectivity index (χ0v) is 12.3. The molecule has 0 aliphatic carbocycles. The van der Waals surface area contributed by atoms with E-state index >= 15 is 0 Å². The molecule has 0 unspecified atom stereocenters. The second kappa shape index (κ2) is 6.66. The second-order valence-corrected chi connectivity index (χ2v) is 5.26. The van der Waals surface area contributed by atoms with E-state index in [-0.39, 0.29) is 0 Å². The Hall–Kier alpha value is -1.97. The van der Waals surface area contributed by atoms with Gasteiger partial charge in [0.2, 0.25) is 0 Å². The van der Waals surface area contributed by atoms with E-state index in [0.717, 1.165) is 46.7 Å². The van der Waals surface area contributed by atoms with E-state index in [4.69, 9.17) is 11.6 Å². The van der Waals surface area contributed by atoms with Gasteiger partial charge in [0.05, 0.1) is 5.52 Å². The minimum Gasteiger partial charge on any atom is -0.312 e. The maximum atomic E-state index is 6.20. The second-order valence-electron chi connectivity index (χ2n) is 4.85. The molecule has 3 nitrogen and oxygen atoms in total. The highest BCUT2D eigenvalue weighted by atomic mass is 35.5. The molecule has 0 saturated heterocycles. The number of halogens is 1. The lowest BCUT2D eigenvalue weighted by Gasteiger charge is -2.08. The lowest BCUT2D eigenvalue weighted by molar-refractivity contribution is 0.682. The molecule has 0 fully saturated rings. The molecule has 1 aromatic carbocycles. The number of hydrogen-bond acceptors (Lipinski definition) is 3. The van der Waals surface area contributed by atoms with E-state index in [0.29, 0.717) is 0 Å². The Labute approximate surface area is 129 Å². The van der Waals surface area contributed by atoms with Crippen LogP contribution >= 0.6 is 11.6 Å². The van der Waals surface area contributed by atoms with Crippen molar-refractivity contribution in [3.8, 4) is 0 Å². The molecule has 0 aliphatic heterocycles. The number of hydrogen-bond donors (Lipinski definition) is 1. The van der Waals surface area contributed by atoms with Crippen LogP contribution in [-0.2, 0) is 13.0 Å². The molecule has 106 valence electrons. The molecule has 2 heterocycles. The summed E-state index contributed by atoms with van der Waals surface area (Å²) in [5.41, 5.74) is 3.23. The van der Waals surface area contributed by atoms with Crippen LogP contribution < -0.4 is 5.32 Å². The standard InChI is InChI=1S/C17H16ClN3/c18-16-7-6-13(17-15(16)5-3-10-21-17)12-19-11-8-14-4-1-2-9-20-14/h1-7,9-10,19H,8,11-12H2. The molecular formula is C17H16ClN3.